The maximum Gasteiger partial charge on any atom is 0.327 e. The van der Waals surface area contributed by atoms with Crippen LogP contribution in [-0.4, -0.2) is 52.1 Å². The molecule has 2 N–H and O–H groups in total. The number of thioether (sulfide) groups is 1. The Labute approximate surface area is 208 Å². The molecule has 1 aromatic carbocycles. The van der Waals surface area contributed by atoms with E-state index in [1.165, 1.54) is 36.2 Å². The SMILES string of the molecule is C=CC(=O)N1CCC[C@@H](NC(=O)C2Sc3nccc4c3C2NC(=O)N4c2cccc(C3CC3)c2)C1. The Bertz CT molecular complexity index is 1230. The van der Waals surface area contributed by atoms with E-state index in [0.29, 0.717) is 19.0 Å². The Morgan fingerprint density at radius 1 is 1.23 bits per heavy atom. The first-order chi connectivity index (χ1) is 17.0. The van der Waals surface area contributed by atoms with Gasteiger partial charge in [-0.15, -0.1) is 0 Å². The normalized spacial score (nSPS) is 25.0. The van der Waals surface area contributed by atoms with Gasteiger partial charge in [0.05, 0.1) is 17.4 Å². The Hall–Kier alpha value is -3.33. The minimum Gasteiger partial charge on any atom is -0.351 e. The number of benzene rings is 1. The van der Waals surface area contributed by atoms with Crippen molar-refractivity contribution in [3.05, 3.63) is 60.3 Å². The molecule has 1 saturated heterocycles. The number of anilines is 2. The quantitative estimate of drug-likeness (QED) is 0.626. The number of rotatable bonds is 5. The molecule has 1 aromatic heterocycles. The highest BCUT2D eigenvalue weighted by Gasteiger charge is 2.47. The van der Waals surface area contributed by atoms with Crippen LogP contribution in [0.15, 0.2) is 54.2 Å². The average Bonchev–Trinajstić information content (AvgIpc) is 3.66. The molecule has 2 aromatic rings. The fraction of sp³-hybridized carbons (Fsp3) is 0.385. The molecule has 3 atom stereocenters. The minimum absolute atomic E-state index is 0.120. The smallest absolute Gasteiger partial charge is 0.327 e. The molecule has 0 bridgehead atoms. The largest absolute Gasteiger partial charge is 0.351 e. The number of amides is 4. The molecule has 2 unspecified atom stereocenters. The highest BCUT2D eigenvalue weighted by molar-refractivity contribution is 8.01. The summed E-state index contributed by atoms with van der Waals surface area (Å²) < 4.78 is 0. The standard InChI is InChI=1S/C26H27N5O3S/c1-2-20(32)30-12-4-6-17(14-30)28-24(33)23-22-21-19(10-11-27-25(21)35-23)31(26(34)29-22)18-7-3-5-16(13-18)15-8-9-15/h2-3,5,7,10-11,13,15,17,22-23H,1,4,6,8-9,12,14H2,(H,28,33)(H,29,34)/t17-,22?,23?/m1/s1. The van der Waals surface area contributed by atoms with Crippen LogP contribution in [0.3, 0.4) is 0 Å². The molecule has 4 amide bonds. The zero-order chi connectivity index (χ0) is 24.1. The van der Waals surface area contributed by atoms with E-state index in [9.17, 15) is 14.4 Å². The zero-order valence-electron chi connectivity index (χ0n) is 19.3. The maximum atomic E-state index is 13.4. The Balaban J connectivity index is 1.24. The number of hydrogen-bond donors (Lipinski definition) is 2. The summed E-state index contributed by atoms with van der Waals surface area (Å²) in [5.74, 6) is 0.317. The molecular formula is C26H27N5O3S. The molecule has 6 rings (SSSR count). The fourth-order valence-electron chi connectivity index (χ4n) is 5.32. The third-order valence-electron chi connectivity index (χ3n) is 7.20. The monoisotopic (exact) mass is 489 g/mol. The van der Waals surface area contributed by atoms with Crippen molar-refractivity contribution < 1.29 is 14.4 Å². The van der Waals surface area contributed by atoms with Crippen molar-refractivity contribution >= 4 is 41.0 Å². The molecule has 180 valence electrons. The second kappa shape index (κ2) is 8.71. The van der Waals surface area contributed by atoms with Gasteiger partial charge in [-0.2, -0.15) is 0 Å². The van der Waals surface area contributed by atoms with Gasteiger partial charge in [0.2, 0.25) is 11.8 Å². The number of likely N-dealkylation sites (tertiary alicyclic amines) is 1. The Kier molecular flexibility index (Phi) is 5.51. The third kappa shape index (κ3) is 3.97. The predicted octanol–water partition coefficient (Wildman–Crippen LogP) is 3.63. The molecule has 35 heavy (non-hydrogen) atoms. The van der Waals surface area contributed by atoms with E-state index in [0.717, 1.165) is 34.8 Å². The minimum atomic E-state index is -0.520. The summed E-state index contributed by atoms with van der Waals surface area (Å²) in [6, 6.07) is 9.19. The lowest BCUT2D eigenvalue weighted by molar-refractivity contribution is -0.129. The first-order valence-corrected chi connectivity index (χ1v) is 13.0. The Morgan fingerprint density at radius 2 is 2.09 bits per heavy atom. The van der Waals surface area contributed by atoms with E-state index in [-0.39, 0.29) is 23.9 Å². The summed E-state index contributed by atoms with van der Waals surface area (Å²) in [6.45, 7) is 4.70. The second-order valence-electron chi connectivity index (χ2n) is 9.56. The van der Waals surface area contributed by atoms with Gasteiger partial charge in [-0.3, -0.25) is 14.5 Å². The van der Waals surface area contributed by atoms with Gasteiger partial charge < -0.3 is 15.5 Å². The van der Waals surface area contributed by atoms with Gasteiger partial charge in [0.15, 0.2) is 0 Å². The van der Waals surface area contributed by atoms with Crippen molar-refractivity contribution in [1.82, 2.24) is 20.5 Å². The number of pyridine rings is 1. The number of hydrogen-bond acceptors (Lipinski definition) is 5. The van der Waals surface area contributed by atoms with Gasteiger partial charge in [0.1, 0.15) is 10.3 Å². The van der Waals surface area contributed by atoms with Crippen molar-refractivity contribution in [3.63, 3.8) is 0 Å². The highest BCUT2D eigenvalue weighted by atomic mass is 32.2. The summed E-state index contributed by atoms with van der Waals surface area (Å²) in [4.78, 5) is 46.7. The first-order valence-electron chi connectivity index (χ1n) is 12.1. The van der Waals surface area contributed by atoms with E-state index in [4.69, 9.17) is 0 Å². The summed E-state index contributed by atoms with van der Waals surface area (Å²) in [7, 11) is 0. The molecule has 8 nitrogen and oxygen atoms in total. The van der Waals surface area contributed by atoms with E-state index in [1.54, 1.807) is 16.0 Å². The van der Waals surface area contributed by atoms with Crippen molar-refractivity contribution in [3.8, 4) is 0 Å². The maximum absolute atomic E-state index is 13.4. The highest BCUT2D eigenvalue weighted by Crippen LogP contribution is 2.51. The van der Waals surface area contributed by atoms with E-state index in [1.807, 2.05) is 18.2 Å². The van der Waals surface area contributed by atoms with Gasteiger partial charge in [0, 0.05) is 30.9 Å². The number of nitrogens with zero attached hydrogens (tertiary/aromatic N) is 3. The van der Waals surface area contributed by atoms with Crippen LogP contribution in [0.1, 0.15) is 48.8 Å². The zero-order valence-corrected chi connectivity index (χ0v) is 20.1. The van der Waals surface area contributed by atoms with Crippen molar-refractivity contribution in [1.29, 1.82) is 0 Å². The number of carbonyl (C=O) groups is 3. The number of urea groups is 1. The van der Waals surface area contributed by atoms with Gasteiger partial charge in [-0.05, 0) is 61.4 Å². The first kappa shape index (κ1) is 22.2. The Morgan fingerprint density at radius 3 is 2.89 bits per heavy atom. The molecule has 0 spiro atoms. The van der Waals surface area contributed by atoms with Crippen LogP contribution in [0.25, 0.3) is 0 Å². The summed E-state index contributed by atoms with van der Waals surface area (Å²) >= 11 is 1.39. The predicted molar refractivity (Wildman–Crippen MR) is 134 cm³/mol. The molecule has 9 heteroatoms. The summed E-state index contributed by atoms with van der Waals surface area (Å²) in [5, 5.41) is 6.44. The molecule has 4 heterocycles. The van der Waals surface area contributed by atoms with Crippen LogP contribution in [0.5, 0.6) is 0 Å². The number of aromatic nitrogens is 1. The van der Waals surface area contributed by atoms with Crippen LogP contribution in [-0.2, 0) is 9.59 Å². The van der Waals surface area contributed by atoms with Gasteiger partial charge in [0.25, 0.3) is 0 Å². The molecule has 1 aliphatic carbocycles. The van der Waals surface area contributed by atoms with E-state index >= 15 is 0 Å². The average molecular weight is 490 g/mol. The fourth-order valence-corrected chi connectivity index (χ4v) is 6.56. The lowest BCUT2D eigenvalue weighted by Gasteiger charge is -2.35. The third-order valence-corrected chi connectivity index (χ3v) is 8.48. The topological polar surface area (TPSA) is 94.6 Å². The number of carbonyl (C=O) groups excluding carboxylic acids is 3. The van der Waals surface area contributed by atoms with Gasteiger partial charge in [-0.1, -0.05) is 30.5 Å². The molecule has 1 saturated carbocycles. The lowest BCUT2D eigenvalue weighted by Crippen LogP contribution is -2.53. The van der Waals surface area contributed by atoms with Crippen molar-refractivity contribution in [2.24, 2.45) is 0 Å². The summed E-state index contributed by atoms with van der Waals surface area (Å²) in [6.07, 6.45) is 7.03. The van der Waals surface area contributed by atoms with E-state index in [2.05, 4.69) is 34.3 Å². The molecule has 0 radical (unpaired) electrons. The van der Waals surface area contributed by atoms with Crippen LogP contribution in [0.2, 0.25) is 0 Å². The van der Waals surface area contributed by atoms with Crippen LogP contribution in [0.4, 0.5) is 16.2 Å². The van der Waals surface area contributed by atoms with Crippen molar-refractivity contribution in [2.45, 2.75) is 54.0 Å². The lowest BCUT2D eigenvalue weighted by atomic mass is 9.98. The van der Waals surface area contributed by atoms with Crippen LogP contribution >= 0.6 is 11.8 Å². The summed E-state index contributed by atoms with van der Waals surface area (Å²) in [5.41, 5.74) is 3.75. The number of piperidine rings is 1. The molecule has 4 aliphatic rings. The van der Waals surface area contributed by atoms with Crippen molar-refractivity contribution in [2.75, 3.05) is 18.0 Å². The van der Waals surface area contributed by atoms with Gasteiger partial charge >= 0.3 is 6.03 Å². The molecular weight excluding hydrogens is 462 g/mol. The van der Waals surface area contributed by atoms with Crippen LogP contribution < -0.4 is 15.5 Å². The molecule has 2 fully saturated rings. The second-order valence-corrected chi connectivity index (χ2v) is 10.7. The van der Waals surface area contributed by atoms with E-state index < -0.39 is 11.3 Å². The molecule has 3 aliphatic heterocycles. The van der Waals surface area contributed by atoms with Crippen LogP contribution in [0, 0.1) is 0 Å². The van der Waals surface area contributed by atoms with Gasteiger partial charge in [-0.25, -0.2) is 9.78 Å². The number of nitrogens with one attached hydrogen (secondary N) is 2.